The van der Waals surface area contributed by atoms with E-state index in [1.54, 1.807) is 6.92 Å². The lowest BCUT2D eigenvalue weighted by molar-refractivity contribution is 0.195. The summed E-state index contributed by atoms with van der Waals surface area (Å²) in [6.07, 6.45) is 0.467. The van der Waals surface area contributed by atoms with Gasteiger partial charge in [0.25, 0.3) is 0 Å². The fraction of sp³-hybridized carbons (Fsp3) is 0.400. The van der Waals surface area contributed by atoms with E-state index < -0.39 is 0 Å². The Morgan fingerprint density at radius 3 is 2.33 bits per heavy atom. The first-order valence-corrected chi connectivity index (χ1v) is 4.17. The molecule has 0 heterocycles. The first kappa shape index (κ1) is 9.07. The maximum atomic E-state index is 9.12. The summed E-state index contributed by atoms with van der Waals surface area (Å²) in [6, 6.07) is 8.08. The standard InChI is InChI=1S/C10H15NO/c1-8(12)7-9-3-5-10(11-2)6-4-9/h3-6,8,11-12H,7H2,1-2H3. The third kappa shape index (κ3) is 2.55. The third-order valence-electron chi connectivity index (χ3n) is 1.77. The minimum Gasteiger partial charge on any atom is -0.393 e. The van der Waals surface area contributed by atoms with Crippen molar-refractivity contribution in [3.8, 4) is 0 Å². The van der Waals surface area contributed by atoms with Gasteiger partial charge in [-0.05, 0) is 31.0 Å². The van der Waals surface area contributed by atoms with Crippen LogP contribution in [0.1, 0.15) is 12.5 Å². The molecule has 0 bridgehead atoms. The molecule has 0 aliphatic carbocycles. The number of hydrogen-bond acceptors (Lipinski definition) is 2. The van der Waals surface area contributed by atoms with E-state index in [0.717, 1.165) is 12.1 Å². The molecule has 0 aliphatic heterocycles. The van der Waals surface area contributed by atoms with Gasteiger partial charge in [0.1, 0.15) is 0 Å². The summed E-state index contributed by atoms with van der Waals surface area (Å²) in [4.78, 5) is 0. The molecule has 0 spiro atoms. The van der Waals surface area contributed by atoms with Crippen molar-refractivity contribution in [2.75, 3.05) is 12.4 Å². The number of anilines is 1. The molecule has 0 aromatic heterocycles. The molecular formula is C10H15NO. The molecule has 0 saturated heterocycles. The van der Waals surface area contributed by atoms with Crippen LogP contribution < -0.4 is 5.32 Å². The lowest BCUT2D eigenvalue weighted by atomic mass is 10.1. The van der Waals surface area contributed by atoms with Crippen molar-refractivity contribution in [2.24, 2.45) is 0 Å². The van der Waals surface area contributed by atoms with Crippen molar-refractivity contribution in [3.05, 3.63) is 29.8 Å². The van der Waals surface area contributed by atoms with Gasteiger partial charge in [-0.25, -0.2) is 0 Å². The average molecular weight is 165 g/mol. The Morgan fingerprint density at radius 1 is 1.33 bits per heavy atom. The molecule has 1 aromatic rings. The van der Waals surface area contributed by atoms with Crippen LogP contribution in [0.25, 0.3) is 0 Å². The molecule has 2 heteroatoms. The first-order valence-electron chi connectivity index (χ1n) is 4.17. The van der Waals surface area contributed by atoms with Gasteiger partial charge in [0.05, 0.1) is 6.10 Å². The summed E-state index contributed by atoms with van der Waals surface area (Å²) in [7, 11) is 1.89. The second-order valence-electron chi connectivity index (χ2n) is 3.00. The van der Waals surface area contributed by atoms with Crippen molar-refractivity contribution in [2.45, 2.75) is 19.4 Å². The van der Waals surface area contributed by atoms with E-state index in [4.69, 9.17) is 5.11 Å². The largest absolute Gasteiger partial charge is 0.393 e. The molecule has 1 atom stereocenters. The van der Waals surface area contributed by atoms with E-state index in [0.29, 0.717) is 0 Å². The Balaban J connectivity index is 2.65. The van der Waals surface area contributed by atoms with E-state index in [-0.39, 0.29) is 6.10 Å². The summed E-state index contributed by atoms with van der Waals surface area (Å²) in [6.45, 7) is 1.80. The summed E-state index contributed by atoms with van der Waals surface area (Å²) in [5.41, 5.74) is 2.27. The van der Waals surface area contributed by atoms with Gasteiger partial charge in [-0.2, -0.15) is 0 Å². The maximum Gasteiger partial charge on any atom is 0.0552 e. The average Bonchev–Trinajstić information content (AvgIpc) is 2.05. The van der Waals surface area contributed by atoms with Gasteiger partial charge in [-0.1, -0.05) is 12.1 Å². The number of benzene rings is 1. The van der Waals surface area contributed by atoms with Gasteiger partial charge >= 0.3 is 0 Å². The molecule has 0 fully saturated rings. The molecule has 0 amide bonds. The van der Waals surface area contributed by atoms with Crippen LogP contribution in [-0.2, 0) is 6.42 Å². The molecule has 2 N–H and O–H groups in total. The highest BCUT2D eigenvalue weighted by molar-refractivity contribution is 5.43. The van der Waals surface area contributed by atoms with Crippen LogP contribution in [0.2, 0.25) is 0 Å². The van der Waals surface area contributed by atoms with Crippen LogP contribution in [0.5, 0.6) is 0 Å². The minimum absolute atomic E-state index is 0.259. The molecule has 66 valence electrons. The van der Waals surface area contributed by atoms with Crippen LogP contribution in [0, 0.1) is 0 Å². The van der Waals surface area contributed by atoms with Crippen LogP contribution in [0.3, 0.4) is 0 Å². The highest BCUT2D eigenvalue weighted by Crippen LogP contribution is 2.09. The lowest BCUT2D eigenvalue weighted by Crippen LogP contribution is -2.03. The van der Waals surface area contributed by atoms with E-state index in [1.807, 2.05) is 31.3 Å². The van der Waals surface area contributed by atoms with Crippen LogP contribution in [0.4, 0.5) is 5.69 Å². The van der Waals surface area contributed by atoms with Crippen LogP contribution in [-0.4, -0.2) is 18.3 Å². The Bertz CT molecular complexity index is 228. The summed E-state index contributed by atoms with van der Waals surface area (Å²) >= 11 is 0. The first-order chi connectivity index (χ1) is 5.72. The maximum absolute atomic E-state index is 9.12. The Kier molecular flexibility index (Phi) is 3.11. The Labute approximate surface area is 73.2 Å². The normalized spacial score (nSPS) is 12.6. The van der Waals surface area contributed by atoms with Gasteiger partial charge in [0, 0.05) is 12.7 Å². The predicted octanol–water partition coefficient (Wildman–Crippen LogP) is 1.65. The smallest absolute Gasteiger partial charge is 0.0552 e. The topological polar surface area (TPSA) is 32.3 Å². The van der Waals surface area contributed by atoms with Gasteiger partial charge in [-0.15, -0.1) is 0 Å². The van der Waals surface area contributed by atoms with Crippen molar-refractivity contribution < 1.29 is 5.11 Å². The molecule has 2 nitrogen and oxygen atoms in total. The molecule has 0 radical (unpaired) electrons. The number of rotatable bonds is 3. The predicted molar refractivity (Wildman–Crippen MR) is 51.4 cm³/mol. The fourth-order valence-electron chi connectivity index (χ4n) is 1.15. The van der Waals surface area contributed by atoms with E-state index >= 15 is 0 Å². The van der Waals surface area contributed by atoms with Crippen molar-refractivity contribution >= 4 is 5.69 Å². The van der Waals surface area contributed by atoms with E-state index in [9.17, 15) is 0 Å². The van der Waals surface area contributed by atoms with Gasteiger partial charge < -0.3 is 10.4 Å². The highest BCUT2D eigenvalue weighted by atomic mass is 16.3. The SMILES string of the molecule is CNc1ccc(CC(C)O)cc1. The monoisotopic (exact) mass is 165 g/mol. The quantitative estimate of drug-likeness (QED) is 0.713. The second kappa shape index (κ2) is 4.12. The number of hydrogen-bond donors (Lipinski definition) is 2. The molecule has 0 saturated carbocycles. The minimum atomic E-state index is -0.259. The van der Waals surface area contributed by atoms with E-state index in [2.05, 4.69) is 5.32 Å². The molecular weight excluding hydrogens is 150 g/mol. The zero-order valence-corrected chi connectivity index (χ0v) is 7.54. The number of aliphatic hydroxyl groups excluding tert-OH is 1. The zero-order chi connectivity index (χ0) is 8.97. The molecule has 0 aliphatic rings. The lowest BCUT2D eigenvalue weighted by Gasteiger charge is -2.05. The molecule has 12 heavy (non-hydrogen) atoms. The number of nitrogens with one attached hydrogen (secondary N) is 1. The zero-order valence-electron chi connectivity index (χ0n) is 7.54. The van der Waals surface area contributed by atoms with Gasteiger partial charge in [0.15, 0.2) is 0 Å². The Hall–Kier alpha value is -1.02. The summed E-state index contributed by atoms with van der Waals surface area (Å²) in [5, 5.41) is 12.2. The molecule has 1 rings (SSSR count). The fourth-order valence-corrected chi connectivity index (χ4v) is 1.15. The van der Waals surface area contributed by atoms with Crippen molar-refractivity contribution in [1.29, 1.82) is 0 Å². The van der Waals surface area contributed by atoms with Crippen LogP contribution in [0.15, 0.2) is 24.3 Å². The molecule has 1 aromatic carbocycles. The van der Waals surface area contributed by atoms with E-state index in [1.165, 1.54) is 5.56 Å². The third-order valence-corrected chi connectivity index (χ3v) is 1.77. The van der Waals surface area contributed by atoms with Crippen molar-refractivity contribution in [3.63, 3.8) is 0 Å². The summed E-state index contributed by atoms with van der Waals surface area (Å²) in [5.74, 6) is 0. The van der Waals surface area contributed by atoms with Crippen molar-refractivity contribution in [1.82, 2.24) is 0 Å². The van der Waals surface area contributed by atoms with Gasteiger partial charge in [-0.3, -0.25) is 0 Å². The number of aliphatic hydroxyl groups is 1. The van der Waals surface area contributed by atoms with Gasteiger partial charge in [0.2, 0.25) is 0 Å². The second-order valence-corrected chi connectivity index (χ2v) is 3.00. The Morgan fingerprint density at radius 2 is 1.92 bits per heavy atom. The molecule has 1 unspecified atom stereocenters. The van der Waals surface area contributed by atoms with Crippen LogP contribution >= 0.6 is 0 Å². The summed E-state index contributed by atoms with van der Waals surface area (Å²) < 4.78 is 0. The highest BCUT2D eigenvalue weighted by Gasteiger charge is 1.97.